The van der Waals surface area contributed by atoms with Gasteiger partial charge in [-0.3, -0.25) is 0 Å². The van der Waals surface area contributed by atoms with E-state index < -0.39 is 10.2 Å². The molecule has 0 saturated carbocycles. The second kappa shape index (κ2) is 6.84. The second-order valence-corrected chi connectivity index (χ2v) is 6.39. The van der Waals surface area contributed by atoms with Crippen LogP contribution in [0.2, 0.25) is 0 Å². The SMILES string of the molecule is CN(C)S(=O)(=O)N(CCCN)Cc1ccccc1. The van der Waals surface area contributed by atoms with Crippen LogP contribution in [0.1, 0.15) is 12.0 Å². The Bertz CT molecular complexity index is 446. The Balaban J connectivity index is 2.86. The van der Waals surface area contributed by atoms with Gasteiger partial charge >= 0.3 is 0 Å². The minimum absolute atomic E-state index is 0.376. The summed E-state index contributed by atoms with van der Waals surface area (Å²) in [6.45, 7) is 1.29. The van der Waals surface area contributed by atoms with Crippen LogP contribution in [0.4, 0.5) is 0 Å². The largest absolute Gasteiger partial charge is 0.330 e. The Hall–Kier alpha value is -0.950. The highest BCUT2D eigenvalue weighted by Crippen LogP contribution is 2.11. The van der Waals surface area contributed by atoms with Gasteiger partial charge in [0.1, 0.15) is 0 Å². The molecule has 1 aromatic rings. The molecule has 0 unspecified atom stereocenters. The molecule has 6 heteroatoms. The minimum Gasteiger partial charge on any atom is -0.330 e. The number of hydrogen-bond acceptors (Lipinski definition) is 3. The van der Waals surface area contributed by atoms with Gasteiger partial charge in [0.25, 0.3) is 10.2 Å². The summed E-state index contributed by atoms with van der Waals surface area (Å²) in [5.74, 6) is 0. The van der Waals surface area contributed by atoms with Crippen LogP contribution in [0.5, 0.6) is 0 Å². The van der Waals surface area contributed by atoms with Gasteiger partial charge in [0.15, 0.2) is 0 Å². The molecule has 0 heterocycles. The van der Waals surface area contributed by atoms with Gasteiger partial charge in [-0.1, -0.05) is 30.3 Å². The smallest absolute Gasteiger partial charge is 0.281 e. The molecule has 0 radical (unpaired) electrons. The van der Waals surface area contributed by atoms with Gasteiger partial charge in [-0.05, 0) is 18.5 Å². The van der Waals surface area contributed by atoms with Crippen molar-refractivity contribution in [2.45, 2.75) is 13.0 Å². The zero-order valence-electron chi connectivity index (χ0n) is 10.9. The fourth-order valence-corrected chi connectivity index (χ4v) is 2.70. The standard InChI is InChI=1S/C12H21N3O2S/c1-14(2)18(16,17)15(10-6-9-13)11-12-7-4-3-5-8-12/h3-5,7-8H,6,9-11,13H2,1-2H3. The first-order valence-corrected chi connectivity index (χ1v) is 7.29. The summed E-state index contributed by atoms with van der Waals surface area (Å²) in [5.41, 5.74) is 6.43. The third-order valence-corrected chi connectivity index (χ3v) is 4.49. The summed E-state index contributed by atoms with van der Waals surface area (Å²) in [6.07, 6.45) is 0.653. The molecule has 5 nitrogen and oxygen atoms in total. The molecular formula is C12H21N3O2S. The van der Waals surface area contributed by atoms with E-state index in [2.05, 4.69) is 0 Å². The Labute approximate surface area is 109 Å². The molecule has 0 atom stereocenters. The predicted molar refractivity (Wildman–Crippen MR) is 73.1 cm³/mol. The van der Waals surface area contributed by atoms with Crippen molar-refractivity contribution in [3.63, 3.8) is 0 Å². The molecule has 1 aromatic carbocycles. The Morgan fingerprint density at radius 3 is 2.28 bits per heavy atom. The Morgan fingerprint density at radius 1 is 1.17 bits per heavy atom. The fourth-order valence-electron chi connectivity index (χ4n) is 1.56. The van der Waals surface area contributed by atoms with Crippen LogP contribution < -0.4 is 5.73 Å². The van der Waals surface area contributed by atoms with E-state index in [0.29, 0.717) is 26.1 Å². The lowest BCUT2D eigenvalue weighted by Gasteiger charge is -2.25. The number of benzene rings is 1. The van der Waals surface area contributed by atoms with Crippen molar-refractivity contribution in [3.8, 4) is 0 Å². The molecule has 0 amide bonds. The van der Waals surface area contributed by atoms with Gasteiger partial charge in [0.2, 0.25) is 0 Å². The molecule has 0 aromatic heterocycles. The van der Waals surface area contributed by atoms with E-state index in [9.17, 15) is 8.42 Å². The molecule has 102 valence electrons. The third-order valence-electron chi connectivity index (χ3n) is 2.60. The molecule has 0 saturated heterocycles. The average molecular weight is 271 g/mol. The molecule has 2 N–H and O–H groups in total. The molecule has 0 aliphatic rings. The molecule has 0 aliphatic carbocycles. The molecule has 0 aliphatic heterocycles. The van der Waals surface area contributed by atoms with Crippen LogP contribution in [-0.2, 0) is 16.8 Å². The van der Waals surface area contributed by atoms with Crippen LogP contribution >= 0.6 is 0 Å². The second-order valence-electron chi connectivity index (χ2n) is 4.25. The van der Waals surface area contributed by atoms with E-state index in [1.165, 1.54) is 22.7 Å². The van der Waals surface area contributed by atoms with E-state index in [4.69, 9.17) is 5.73 Å². The highest BCUT2D eigenvalue weighted by Gasteiger charge is 2.23. The first-order valence-electron chi connectivity index (χ1n) is 5.90. The van der Waals surface area contributed by atoms with E-state index >= 15 is 0 Å². The maximum Gasteiger partial charge on any atom is 0.281 e. The van der Waals surface area contributed by atoms with Gasteiger partial charge < -0.3 is 5.73 Å². The number of rotatable bonds is 7. The highest BCUT2D eigenvalue weighted by molar-refractivity contribution is 7.86. The molecule has 18 heavy (non-hydrogen) atoms. The Kier molecular flexibility index (Phi) is 5.74. The molecule has 0 fully saturated rings. The van der Waals surface area contributed by atoms with E-state index in [-0.39, 0.29) is 0 Å². The lowest BCUT2D eigenvalue weighted by atomic mass is 10.2. The van der Waals surface area contributed by atoms with Crippen molar-refractivity contribution in [2.75, 3.05) is 27.2 Å². The van der Waals surface area contributed by atoms with Gasteiger partial charge in [0.05, 0.1) is 0 Å². The lowest BCUT2D eigenvalue weighted by Crippen LogP contribution is -2.40. The monoisotopic (exact) mass is 271 g/mol. The molecule has 0 spiro atoms. The average Bonchev–Trinajstić information content (AvgIpc) is 2.35. The maximum absolute atomic E-state index is 12.2. The van der Waals surface area contributed by atoms with Gasteiger partial charge in [-0.15, -0.1) is 0 Å². The predicted octanol–water partition coefficient (Wildman–Crippen LogP) is 0.644. The van der Waals surface area contributed by atoms with Crippen LogP contribution in [0.3, 0.4) is 0 Å². The maximum atomic E-state index is 12.2. The van der Waals surface area contributed by atoms with Crippen LogP contribution in [0, 0.1) is 0 Å². The summed E-state index contributed by atoms with van der Waals surface area (Å²) < 4.78 is 27.0. The van der Waals surface area contributed by atoms with Crippen molar-refractivity contribution >= 4 is 10.2 Å². The third kappa shape index (κ3) is 4.06. The molecule has 1 rings (SSSR count). The Morgan fingerprint density at radius 2 is 1.78 bits per heavy atom. The minimum atomic E-state index is -3.40. The zero-order chi connectivity index (χ0) is 13.6. The van der Waals surface area contributed by atoms with E-state index in [1.807, 2.05) is 30.3 Å². The number of nitrogens with zero attached hydrogens (tertiary/aromatic N) is 2. The van der Waals surface area contributed by atoms with Gasteiger partial charge in [0, 0.05) is 27.2 Å². The normalized spacial score (nSPS) is 12.3. The topological polar surface area (TPSA) is 66.6 Å². The highest BCUT2D eigenvalue weighted by atomic mass is 32.2. The van der Waals surface area contributed by atoms with E-state index in [0.717, 1.165) is 5.56 Å². The zero-order valence-corrected chi connectivity index (χ0v) is 11.7. The first kappa shape index (κ1) is 15.1. The van der Waals surface area contributed by atoms with Crippen molar-refractivity contribution < 1.29 is 8.42 Å². The summed E-state index contributed by atoms with van der Waals surface area (Å²) >= 11 is 0. The quantitative estimate of drug-likeness (QED) is 0.791. The fraction of sp³-hybridized carbons (Fsp3) is 0.500. The summed E-state index contributed by atoms with van der Waals surface area (Å²) in [5, 5.41) is 0. The van der Waals surface area contributed by atoms with Crippen LogP contribution in [0.25, 0.3) is 0 Å². The van der Waals surface area contributed by atoms with Crippen molar-refractivity contribution in [2.24, 2.45) is 5.73 Å². The summed E-state index contributed by atoms with van der Waals surface area (Å²) in [4.78, 5) is 0. The van der Waals surface area contributed by atoms with Gasteiger partial charge in [-0.2, -0.15) is 17.0 Å². The van der Waals surface area contributed by atoms with Crippen molar-refractivity contribution in [3.05, 3.63) is 35.9 Å². The van der Waals surface area contributed by atoms with Gasteiger partial charge in [-0.25, -0.2) is 0 Å². The van der Waals surface area contributed by atoms with Crippen LogP contribution in [0.15, 0.2) is 30.3 Å². The van der Waals surface area contributed by atoms with Crippen molar-refractivity contribution in [1.82, 2.24) is 8.61 Å². The molecular weight excluding hydrogens is 250 g/mol. The van der Waals surface area contributed by atoms with Crippen LogP contribution in [-0.4, -0.2) is 44.2 Å². The first-order chi connectivity index (χ1) is 8.48. The van der Waals surface area contributed by atoms with E-state index in [1.54, 1.807) is 0 Å². The number of hydrogen-bond donors (Lipinski definition) is 1. The number of nitrogens with two attached hydrogens (primary N) is 1. The summed E-state index contributed by atoms with van der Waals surface area (Å²) in [6, 6.07) is 9.55. The molecule has 0 bridgehead atoms. The van der Waals surface area contributed by atoms with Crippen molar-refractivity contribution in [1.29, 1.82) is 0 Å². The lowest BCUT2D eigenvalue weighted by molar-refractivity contribution is 0.367. The summed E-state index contributed by atoms with van der Waals surface area (Å²) in [7, 11) is -0.323.